The van der Waals surface area contributed by atoms with Crippen LogP contribution in [-0.4, -0.2) is 19.9 Å². The van der Waals surface area contributed by atoms with Crippen molar-refractivity contribution >= 4 is 11.8 Å². The lowest BCUT2D eigenvalue weighted by Crippen LogP contribution is -2.19. The minimum Gasteiger partial charge on any atom is -0.496 e. The van der Waals surface area contributed by atoms with Gasteiger partial charge in [0.05, 0.1) is 7.11 Å². The standard InChI is InChI=1S/C12H17NOS/c1-14-10-4-3-9(7-11(10)15-2)12(8-13)5-6-12/h3-4,7H,5-6,8,13H2,1-2H3. The Morgan fingerprint density at radius 3 is 2.67 bits per heavy atom. The molecule has 1 aromatic carbocycles. The Morgan fingerprint density at radius 1 is 1.47 bits per heavy atom. The van der Waals surface area contributed by atoms with Crippen molar-refractivity contribution in [2.45, 2.75) is 23.2 Å². The van der Waals surface area contributed by atoms with Crippen LogP contribution in [0.15, 0.2) is 23.1 Å². The number of methoxy groups -OCH3 is 1. The molecule has 2 N–H and O–H groups in total. The van der Waals surface area contributed by atoms with Crippen LogP contribution in [0.5, 0.6) is 5.75 Å². The molecular formula is C12H17NOS. The Labute approximate surface area is 95.2 Å². The van der Waals surface area contributed by atoms with E-state index in [-0.39, 0.29) is 5.41 Å². The molecule has 0 aliphatic heterocycles. The summed E-state index contributed by atoms with van der Waals surface area (Å²) in [6.07, 6.45) is 4.52. The first-order chi connectivity index (χ1) is 7.25. The Morgan fingerprint density at radius 2 is 2.20 bits per heavy atom. The molecule has 0 saturated heterocycles. The maximum atomic E-state index is 5.82. The van der Waals surface area contributed by atoms with Crippen LogP contribution in [0.1, 0.15) is 18.4 Å². The van der Waals surface area contributed by atoms with Gasteiger partial charge in [0.1, 0.15) is 5.75 Å². The summed E-state index contributed by atoms with van der Waals surface area (Å²) in [5.41, 5.74) is 7.47. The molecule has 0 atom stereocenters. The van der Waals surface area contributed by atoms with Gasteiger partial charge in [-0.25, -0.2) is 0 Å². The van der Waals surface area contributed by atoms with Crippen molar-refractivity contribution in [2.75, 3.05) is 19.9 Å². The van der Waals surface area contributed by atoms with E-state index in [9.17, 15) is 0 Å². The molecule has 0 heterocycles. The summed E-state index contributed by atoms with van der Waals surface area (Å²) in [6, 6.07) is 6.43. The van der Waals surface area contributed by atoms with E-state index >= 15 is 0 Å². The van der Waals surface area contributed by atoms with E-state index < -0.39 is 0 Å². The van der Waals surface area contributed by atoms with Crippen LogP contribution in [0.3, 0.4) is 0 Å². The molecule has 0 bridgehead atoms. The molecule has 0 amide bonds. The average Bonchev–Trinajstić information content (AvgIpc) is 3.09. The summed E-state index contributed by atoms with van der Waals surface area (Å²) in [6.45, 7) is 0.757. The van der Waals surface area contributed by atoms with Crippen LogP contribution < -0.4 is 10.5 Å². The van der Waals surface area contributed by atoms with E-state index in [4.69, 9.17) is 10.5 Å². The van der Waals surface area contributed by atoms with Crippen LogP contribution in [0.4, 0.5) is 0 Å². The number of hydrogen-bond acceptors (Lipinski definition) is 3. The maximum Gasteiger partial charge on any atom is 0.132 e. The first-order valence-electron chi connectivity index (χ1n) is 5.18. The van der Waals surface area contributed by atoms with Crippen LogP contribution in [0.2, 0.25) is 0 Å². The smallest absolute Gasteiger partial charge is 0.132 e. The van der Waals surface area contributed by atoms with E-state index in [1.54, 1.807) is 18.9 Å². The lowest BCUT2D eigenvalue weighted by atomic mass is 9.96. The summed E-state index contributed by atoms with van der Waals surface area (Å²) >= 11 is 1.72. The van der Waals surface area contributed by atoms with E-state index in [0.717, 1.165) is 12.3 Å². The molecule has 3 heteroatoms. The number of thioether (sulfide) groups is 1. The average molecular weight is 223 g/mol. The quantitative estimate of drug-likeness (QED) is 0.796. The number of nitrogens with two attached hydrogens (primary N) is 1. The summed E-state index contributed by atoms with van der Waals surface area (Å²) in [7, 11) is 1.71. The van der Waals surface area contributed by atoms with Crippen molar-refractivity contribution in [3.05, 3.63) is 23.8 Å². The second-order valence-corrected chi connectivity index (χ2v) is 4.90. The molecular weight excluding hydrogens is 206 g/mol. The first kappa shape index (κ1) is 10.8. The minimum absolute atomic E-state index is 0.275. The van der Waals surface area contributed by atoms with Crippen molar-refractivity contribution in [1.29, 1.82) is 0 Å². The number of ether oxygens (including phenoxy) is 1. The van der Waals surface area contributed by atoms with Crippen LogP contribution in [-0.2, 0) is 5.41 Å². The van der Waals surface area contributed by atoms with Crippen molar-refractivity contribution in [1.82, 2.24) is 0 Å². The van der Waals surface area contributed by atoms with Crippen molar-refractivity contribution in [3.63, 3.8) is 0 Å². The van der Waals surface area contributed by atoms with Gasteiger partial charge < -0.3 is 10.5 Å². The fourth-order valence-corrected chi connectivity index (χ4v) is 2.53. The third kappa shape index (κ3) is 1.86. The Kier molecular flexibility index (Phi) is 2.94. The second kappa shape index (κ2) is 4.06. The van der Waals surface area contributed by atoms with Gasteiger partial charge in [-0.3, -0.25) is 0 Å². The maximum absolute atomic E-state index is 5.82. The monoisotopic (exact) mass is 223 g/mol. The molecule has 0 aromatic heterocycles. The van der Waals surface area contributed by atoms with Gasteiger partial charge >= 0.3 is 0 Å². The highest BCUT2D eigenvalue weighted by Gasteiger charge is 2.42. The van der Waals surface area contributed by atoms with Crippen molar-refractivity contribution in [3.8, 4) is 5.75 Å². The van der Waals surface area contributed by atoms with E-state index in [0.29, 0.717) is 0 Å². The first-order valence-corrected chi connectivity index (χ1v) is 6.41. The van der Waals surface area contributed by atoms with Gasteiger partial charge in [0.2, 0.25) is 0 Å². The Hall–Kier alpha value is -0.670. The highest BCUT2D eigenvalue weighted by Crippen LogP contribution is 2.48. The Balaban J connectivity index is 2.35. The molecule has 1 aliphatic rings. The summed E-state index contributed by atoms with van der Waals surface area (Å²) < 4.78 is 5.31. The number of hydrogen-bond donors (Lipinski definition) is 1. The van der Waals surface area contributed by atoms with Gasteiger partial charge in [-0.2, -0.15) is 0 Å². The second-order valence-electron chi connectivity index (χ2n) is 4.05. The highest BCUT2D eigenvalue weighted by molar-refractivity contribution is 7.98. The van der Waals surface area contributed by atoms with Crippen LogP contribution in [0.25, 0.3) is 0 Å². The van der Waals surface area contributed by atoms with Crippen molar-refractivity contribution < 1.29 is 4.74 Å². The zero-order chi connectivity index (χ0) is 10.9. The lowest BCUT2D eigenvalue weighted by molar-refractivity contribution is 0.404. The van der Waals surface area contributed by atoms with E-state index in [1.807, 2.05) is 0 Å². The molecule has 2 rings (SSSR count). The van der Waals surface area contributed by atoms with Gasteiger partial charge in [-0.15, -0.1) is 11.8 Å². The molecule has 0 unspecified atom stereocenters. The molecule has 1 fully saturated rings. The summed E-state index contributed by atoms with van der Waals surface area (Å²) in [5.74, 6) is 0.957. The van der Waals surface area contributed by atoms with Gasteiger partial charge in [-0.1, -0.05) is 6.07 Å². The van der Waals surface area contributed by atoms with Gasteiger partial charge in [0.25, 0.3) is 0 Å². The Bertz CT molecular complexity index is 361. The zero-order valence-electron chi connectivity index (χ0n) is 9.25. The number of benzene rings is 1. The van der Waals surface area contributed by atoms with Crippen LogP contribution in [0, 0.1) is 0 Å². The molecule has 0 radical (unpaired) electrons. The van der Waals surface area contributed by atoms with Gasteiger partial charge in [0, 0.05) is 16.9 Å². The molecule has 1 saturated carbocycles. The molecule has 0 spiro atoms. The van der Waals surface area contributed by atoms with Crippen molar-refractivity contribution in [2.24, 2.45) is 5.73 Å². The van der Waals surface area contributed by atoms with E-state index in [1.165, 1.54) is 23.3 Å². The number of rotatable bonds is 4. The topological polar surface area (TPSA) is 35.2 Å². The SMILES string of the molecule is COc1ccc(C2(CN)CC2)cc1SC. The minimum atomic E-state index is 0.275. The predicted octanol–water partition coefficient (Wildman–Crippen LogP) is 2.41. The molecule has 82 valence electrons. The fraction of sp³-hybridized carbons (Fsp3) is 0.500. The highest BCUT2D eigenvalue weighted by atomic mass is 32.2. The summed E-state index contributed by atoms with van der Waals surface area (Å²) in [5, 5.41) is 0. The molecule has 15 heavy (non-hydrogen) atoms. The van der Waals surface area contributed by atoms with Gasteiger partial charge in [-0.05, 0) is 36.8 Å². The lowest BCUT2D eigenvalue weighted by Gasteiger charge is -2.15. The normalized spacial score (nSPS) is 17.5. The third-order valence-electron chi connectivity index (χ3n) is 3.24. The predicted molar refractivity (Wildman–Crippen MR) is 64.7 cm³/mol. The molecule has 1 aliphatic carbocycles. The molecule has 2 nitrogen and oxygen atoms in total. The largest absolute Gasteiger partial charge is 0.496 e. The van der Waals surface area contributed by atoms with Crippen LogP contribution >= 0.6 is 11.8 Å². The third-order valence-corrected chi connectivity index (χ3v) is 4.00. The van der Waals surface area contributed by atoms with Gasteiger partial charge in [0.15, 0.2) is 0 Å². The fourth-order valence-electron chi connectivity index (χ4n) is 1.93. The van der Waals surface area contributed by atoms with E-state index in [2.05, 4.69) is 24.5 Å². The zero-order valence-corrected chi connectivity index (χ0v) is 10.1. The molecule has 1 aromatic rings. The summed E-state index contributed by atoms with van der Waals surface area (Å²) in [4.78, 5) is 1.20.